The van der Waals surface area contributed by atoms with Crippen LogP contribution >= 0.6 is 22.6 Å². The number of carbonyl (C=O) groups excluding carboxylic acids is 2. The molecule has 0 bridgehead atoms. The van der Waals surface area contributed by atoms with Gasteiger partial charge in [0.15, 0.2) is 0 Å². The monoisotopic (exact) mass is 387 g/mol. The molecule has 0 spiro atoms. The summed E-state index contributed by atoms with van der Waals surface area (Å²) >= 11 is 2.20. The van der Waals surface area contributed by atoms with E-state index in [1.165, 1.54) is 4.90 Å². The second kappa shape index (κ2) is 6.53. The summed E-state index contributed by atoms with van der Waals surface area (Å²) in [6, 6.07) is 7.00. The van der Waals surface area contributed by atoms with Gasteiger partial charge >= 0.3 is 0 Å². The van der Waals surface area contributed by atoms with Gasteiger partial charge in [0.05, 0.1) is 0 Å². The molecule has 1 N–H and O–H groups in total. The van der Waals surface area contributed by atoms with E-state index in [1.54, 1.807) is 19.0 Å². The first-order valence-corrected chi connectivity index (χ1v) is 7.57. The summed E-state index contributed by atoms with van der Waals surface area (Å²) in [5.41, 5.74) is 0.629. The number of nitrogens with zero attached hydrogens (tertiary/aromatic N) is 2. The second-order valence-electron chi connectivity index (χ2n) is 4.96. The highest BCUT2D eigenvalue weighted by Gasteiger charge is 2.33. The van der Waals surface area contributed by atoms with E-state index in [9.17, 15) is 9.59 Å². The minimum Gasteiger partial charge on any atom is -0.347 e. The fourth-order valence-corrected chi connectivity index (χ4v) is 2.58. The first-order valence-electron chi connectivity index (χ1n) is 6.49. The van der Waals surface area contributed by atoms with Crippen molar-refractivity contribution in [3.05, 3.63) is 33.4 Å². The van der Waals surface area contributed by atoms with E-state index in [0.29, 0.717) is 25.2 Å². The van der Waals surface area contributed by atoms with E-state index in [0.717, 1.165) is 3.57 Å². The normalized spacial score (nSPS) is 18.8. The van der Waals surface area contributed by atoms with Gasteiger partial charge in [0, 0.05) is 42.9 Å². The number of rotatable bonds is 2. The summed E-state index contributed by atoms with van der Waals surface area (Å²) in [6.07, 6.45) is 0. The van der Waals surface area contributed by atoms with Crippen LogP contribution in [0.25, 0.3) is 0 Å². The Hall–Kier alpha value is -1.15. The summed E-state index contributed by atoms with van der Waals surface area (Å²) < 4.78 is 1.08. The van der Waals surface area contributed by atoms with E-state index in [4.69, 9.17) is 0 Å². The minimum absolute atomic E-state index is 0.0453. The van der Waals surface area contributed by atoms with Crippen molar-refractivity contribution in [2.75, 3.05) is 33.7 Å². The zero-order valence-corrected chi connectivity index (χ0v) is 13.8. The molecule has 2 amide bonds. The van der Waals surface area contributed by atoms with Crippen LogP contribution < -0.4 is 5.32 Å². The smallest absolute Gasteiger partial charge is 0.254 e. The van der Waals surface area contributed by atoms with E-state index in [2.05, 4.69) is 27.9 Å². The van der Waals surface area contributed by atoms with Crippen LogP contribution in [0.15, 0.2) is 24.3 Å². The standard InChI is InChI=1S/C14H18IN3O2/c1-17(2)14(20)12-9-16-7-8-18(12)13(19)10-3-5-11(15)6-4-10/h3-6,12,16H,7-9H2,1-2H3. The van der Waals surface area contributed by atoms with Crippen LogP contribution in [-0.4, -0.2) is 61.4 Å². The van der Waals surface area contributed by atoms with Crippen molar-refractivity contribution in [1.29, 1.82) is 0 Å². The first kappa shape index (κ1) is 15.2. The number of nitrogens with one attached hydrogen (secondary N) is 1. The Morgan fingerprint density at radius 1 is 1.30 bits per heavy atom. The summed E-state index contributed by atoms with van der Waals surface area (Å²) in [5.74, 6) is -0.126. The third kappa shape index (κ3) is 3.29. The van der Waals surface area contributed by atoms with Gasteiger partial charge in [-0.1, -0.05) is 0 Å². The number of hydrogen-bond donors (Lipinski definition) is 1. The van der Waals surface area contributed by atoms with Crippen molar-refractivity contribution in [1.82, 2.24) is 15.1 Å². The van der Waals surface area contributed by atoms with Crippen LogP contribution in [-0.2, 0) is 4.79 Å². The Morgan fingerprint density at radius 3 is 2.55 bits per heavy atom. The number of piperazine rings is 1. The molecule has 20 heavy (non-hydrogen) atoms. The molecule has 108 valence electrons. The molecule has 5 nitrogen and oxygen atoms in total. The Labute approximate surface area is 132 Å². The lowest BCUT2D eigenvalue weighted by molar-refractivity contribution is -0.134. The first-order chi connectivity index (χ1) is 9.50. The molecule has 1 saturated heterocycles. The average molecular weight is 387 g/mol. The van der Waals surface area contributed by atoms with Crippen LogP contribution in [0.2, 0.25) is 0 Å². The maximum absolute atomic E-state index is 12.6. The second-order valence-corrected chi connectivity index (χ2v) is 6.20. The maximum atomic E-state index is 12.6. The van der Waals surface area contributed by atoms with E-state index < -0.39 is 6.04 Å². The zero-order valence-electron chi connectivity index (χ0n) is 11.6. The predicted molar refractivity (Wildman–Crippen MR) is 85.5 cm³/mol. The molecule has 0 aromatic heterocycles. The van der Waals surface area contributed by atoms with Gasteiger partial charge < -0.3 is 15.1 Å². The van der Waals surface area contributed by atoms with Crippen molar-refractivity contribution >= 4 is 34.4 Å². The minimum atomic E-state index is -0.425. The van der Waals surface area contributed by atoms with Crippen LogP contribution in [0.4, 0.5) is 0 Å². The van der Waals surface area contributed by atoms with Crippen LogP contribution in [0.3, 0.4) is 0 Å². The summed E-state index contributed by atoms with van der Waals surface area (Å²) in [5, 5.41) is 3.17. The van der Waals surface area contributed by atoms with Gasteiger partial charge in [-0.25, -0.2) is 0 Å². The lowest BCUT2D eigenvalue weighted by Crippen LogP contribution is -2.59. The van der Waals surface area contributed by atoms with Gasteiger partial charge in [-0.05, 0) is 46.9 Å². The van der Waals surface area contributed by atoms with Crippen molar-refractivity contribution in [3.8, 4) is 0 Å². The van der Waals surface area contributed by atoms with Crippen molar-refractivity contribution in [2.45, 2.75) is 6.04 Å². The molecule has 1 heterocycles. The van der Waals surface area contributed by atoms with Gasteiger partial charge in [-0.15, -0.1) is 0 Å². The molecule has 1 fully saturated rings. The van der Waals surface area contributed by atoms with E-state index in [-0.39, 0.29) is 11.8 Å². The quantitative estimate of drug-likeness (QED) is 0.764. The van der Waals surface area contributed by atoms with E-state index >= 15 is 0 Å². The fourth-order valence-electron chi connectivity index (χ4n) is 2.22. The number of carbonyl (C=O) groups is 2. The largest absolute Gasteiger partial charge is 0.347 e. The molecule has 2 rings (SSSR count). The third-order valence-electron chi connectivity index (χ3n) is 3.32. The molecule has 0 aliphatic carbocycles. The fraction of sp³-hybridized carbons (Fsp3) is 0.429. The Morgan fingerprint density at radius 2 is 1.95 bits per heavy atom. The molecule has 1 aliphatic rings. The van der Waals surface area contributed by atoms with Gasteiger partial charge in [0.25, 0.3) is 5.91 Å². The summed E-state index contributed by atoms with van der Waals surface area (Å²) in [4.78, 5) is 28.0. The van der Waals surface area contributed by atoms with Gasteiger partial charge in [-0.2, -0.15) is 0 Å². The maximum Gasteiger partial charge on any atom is 0.254 e. The molecule has 1 unspecified atom stereocenters. The topological polar surface area (TPSA) is 52.7 Å². The molecule has 0 saturated carbocycles. The molecule has 6 heteroatoms. The van der Waals surface area contributed by atoms with Gasteiger partial charge in [0.1, 0.15) is 6.04 Å². The van der Waals surface area contributed by atoms with Crippen LogP contribution in [0.5, 0.6) is 0 Å². The molecular weight excluding hydrogens is 369 g/mol. The third-order valence-corrected chi connectivity index (χ3v) is 4.04. The number of hydrogen-bond acceptors (Lipinski definition) is 3. The molecule has 0 radical (unpaired) electrons. The molecule has 1 atom stereocenters. The highest BCUT2D eigenvalue weighted by Crippen LogP contribution is 2.14. The van der Waals surface area contributed by atoms with Crippen LogP contribution in [0.1, 0.15) is 10.4 Å². The molecule has 1 aliphatic heterocycles. The van der Waals surface area contributed by atoms with E-state index in [1.807, 2.05) is 24.3 Å². The highest BCUT2D eigenvalue weighted by atomic mass is 127. The Bertz CT molecular complexity index is 502. The van der Waals surface area contributed by atoms with Crippen LogP contribution in [0, 0.1) is 3.57 Å². The predicted octanol–water partition coefficient (Wildman–Crippen LogP) is 0.793. The average Bonchev–Trinajstić information content (AvgIpc) is 2.46. The van der Waals surface area contributed by atoms with Crippen molar-refractivity contribution in [3.63, 3.8) is 0 Å². The van der Waals surface area contributed by atoms with Crippen molar-refractivity contribution < 1.29 is 9.59 Å². The van der Waals surface area contributed by atoms with Gasteiger partial charge in [-0.3, -0.25) is 9.59 Å². The molecular formula is C14H18IN3O2. The lowest BCUT2D eigenvalue weighted by Gasteiger charge is -2.36. The lowest BCUT2D eigenvalue weighted by atomic mass is 10.1. The SMILES string of the molecule is CN(C)C(=O)C1CNCCN1C(=O)c1ccc(I)cc1. The Kier molecular flexibility index (Phi) is 4.98. The number of benzene rings is 1. The summed E-state index contributed by atoms with van der Waals surface area (Å²) in [6.45, 7) is 1.77. The van der Waals surface area contributed by atoms with Gasteiger partial charge in [0.2, 0.25) is 5.91 Å². The molecule has 1 aromatic rings. The van der Waals surface area contributed by atoms with Crippen molar-refractivity contribution in [2.24, 2.45) is 0 Å². The number of amides is 2. The zero-order chi connectivity index (χ0) is 14.7. The number of likely N-dealkylation sites (N-methyl/N-ethyl adjacent to an activating group) is 1. The number of halogens is 1. The molecule has 1 aromatic carbocycles. The highest BCUT2D eigenvalue weighted by molar-refractivity contribution is 14.1. The summed E-state index contributed by atoms with van der Waals surface area (Å²) in [7, 11) is 3.43. The Balaban J connectivity index is 2.21.